The van der Waals surface area contributed by atoms with Crippen molar-refractivity contribution in [1.82, 2.24) is 0 Å². The number of rotatable bonds is 3. The van der Waals surface area contributed by atoms with E-state index in [2.05, 4.69) is 5.32 Å². The fraction of sp³-hybridized carbons (Fsp3) is 0.222. The van der Waals surface area contributed by atoms with Gasteiger partial charge in [-0.1, -0.05) is 11.6 Å². The zero-order valence-electron chi connectivity index (χ0n) is 8.44. The molecular formula is C9H10ClN3O3. The molecule has 1 aromatic rings. The average molecular weight is 244 g/mol. The molecule has 7 heteroatoms. The van der Waals surface area contributed by atoms with Gasteiger partial charge in [0.1, 0.15) is 5.69 Å². The third-order valence-electron chi connectivity index (χ3n) is 1.83. The first-order chi connectivity index (χ1) is 7.41. The van der Waals surface area contributed by atoms with Crippen molar-refractivity contribution in [2.45, 2.75) is 13.0 Å². The Bertz CT molecular complexity index is 434. The number of nitro benzene ring substituents is 1. The van der Waals surface area contributed by atoms with Crippen LogP contribution >= 0.6 is 11.6 Å². The summed E-state index contributed by atoms with van der Waals surface area (Å²) in [6, 6.07) is 3.15. The Morgan fingerprint density at radius 1 is 1.62 bits per heavy atom. The van der Waals surface area contributed by atoms with Gasteiger partial charge in [-0.2, -0.15) is 0 Å². The molecule has 16 heavy (non-hydrogen) atoms. The van der Waals surface area contributed by atoms with Crippen LogP contribution in [0, 0.1) is 10.1 Å². The maximum atomic E-state index is 11.3. The average Bonchev–Trinajstić information content (AvgIpc) is 2.16. The molecule has 0 saturated carbocycles. The molecule has 0 aromatic heterocycles. The van der Waals surface area contributed by atoms with Crippen LogP contribution in [0.1, 0.15) is 6.92 Å². The molecule has 0 aliphatic heterocycles. The lowest BCUT2D eigenvalue weighted by atomic mass is 10.2. The highest BCUT2D eigenvalue weighted by Gasteiger charge is 2.17. The third-order valence-corrected chi connectivity index (χ3v) is 2.06. The zero-order chi connectivity index (χ0) is 12.3. The predicted molar refractivity (Wildman–Crippen MR) is 60.4 cm³/mol. The Morgan fingerprint density at radius 3 is 2.75 bits per heavy atom. The van der Waals surface area contributed by atoms with Gasteiger partial charge in [0.2, 0.25) is 5.91 Å². The topological polar surface area (TPSA) is 98.3 Å². The van der Waals surface area contributed by atoms with Gasteiger partial charge >= 0.3 is 0 Å². The molecule has 6 nitrogen and oxygen atoms in total. The van der Waals surface area contributed by atoms with E-state index in [-0.39, 0.29) is 11.4 Å². The molecule has 1 amide bonds. The molecule has 1 rings (SSSR count). The van der Waals surface area contributed by atoms with Gasteiger partial charge < -0.3 is 11.1 Å². The Morgan fingerprint density at radius 2 is 2.25 bits per heavy atom. The van der Waals surface area contributed by atoms with Crippen LogP contribution in [-0.2, 0) is 4.79 Å². The summed E-state index contributed by atoms with van der Waals surface area (Å²) >= 11 is 5.68. The number of nitrogens with zero attached hydrogens (tertiary/aromatic N) is 1. The van der Waals surface area contributed by atoms with Crippen LogP contribution in [0.3, 0.4) is 0 Å². The standard InChI is InChI=1S/C9H10ClN3O3/c1-5(11)9(14)12-7-4-6(10)2-3-8(7)13(15)16/h2-5H,11H2,1H3,(H,12,14)/t5-/m0/s1. The third kappa shape index (κ3) is 2.91. The van der Waals surface area contributed by atoms with Crippen molar-refractivity contribution in [2.24, 2.45) is 5.73 Å². The second-order valence-corrected chi connectivity index (χ2v) is 3.63. The highest BCUT2D eigenvalue weighted by molar-refractivity contribution is 6.31. The van der Waals surface area contributed by atoms with E-state index in [9.17, 15) is 14.9 Å². The van der Waals surface area contributed by atoms with E-state index >= 15 is 0 Å². The van der Waals surface area contributed by atoms with E-state index in [0.29, 0.717) is 5.02 Å². The first kappa shape index (κ1) is 12.4. The van der Waals surface area contributed by atoms with Crippen LogP contribution in [-0.4, -0.2) is 16.9 Å². The fourth-order valence-corrected chi connectivity index (χ4v) is 1.19. The summed E-state index contributed by atoms with van der Waals surface area (Å²) in [4.78, 5) is 21.4. The van der Waals surface area contributed by atoms with E-state index in [0.717, 1.165) is 0 Å². The number of benzene rings is 1. The van der Waals surface area contributed by atoms with E-state index in [1.54, 1.807) is 0 Å². The minimum Gasteiger partial charge on any atom is -0.320 e. The number of nitro groups is 1. The minimum absolute atomic E-state index is 0.0415. The monoisotopic (exact) mass is 243 g/mol. The number of nitrogens with two attached hydrogens (primary N) is 1. The van der Waals surface area contributed by atoms with Gasteiger partial charge in [-0.3, -0.25) is 14.9 Å². The van der Waals surface area contributed by atoms with Crippen LogP contribution in [0.5, 0.6) is 0 Å². The summed E-state index contributed by atoms with van der Waals surface area (Å²) < 4.78 is 0. The summed E-state index contributed by atoms with van der Waals surface area (Å²) in [5.41, 5.74) is 5.15. The van der Waals surface area contributed by atoms with Crippen molar-refractivity contribution in [3.05, 3.63) is 33.3 Å². The number of halogens is 1. The number of hydrogen-bond acceptors (Lipinski definition) is 4. The van der Waals surface area contributed by atoms with E-state index < -0.39 is 16.9 Å². The zero-order valence-corrected chi connectivity index (χ0v) is 9.19. The maximum Gasteiger partial charge on any atom is 0.292 e. The van der Waals surface area contributed by atoms with Crippen LogP contribution in [0.2, 0.25) is 5.02 Å². The van der Waals surface area contributed by atoms with Crippen molar-refractivity contribution >= 4 is 28.9 Å². The first-order valence-corrected chi connectivity index (χ1v) is 4.80. The Kier molecular flexibility index (Phi) is 3.81. The Balaban J connectivity index is 3.06. The molecule has 0 fully saturated rings. The summed E-state index contributed by atoms with van der Waals surface area (Å²) in [7, 11) is 0. The summed E-state index contributed by atoms with van der Waals surface area (Å²) in [5, 5.41) is 13.3. The smallest absolute Gasteiger partial charge is 0.292 e. The van der Waals surface area contributed by atoms with Gasteiger partial charge in [0.05, 0.1) is 11.0 Å². The van der Waals surface area contributed by atoms with Gasteiger partial charge in [0.15, 0.2) is 0 Å². The molecule has 0 spiro atoms. The van der Waals surface area contributed by atoms with Crippen LogP contribution in [0.25, 0.3) is 0 Å². The lowest BCUT2D eigenvalue weighted by molar-refractivity contribution is -0.383. The number of carbonyl (C=O) groups excluding carboxylic acids is 1. The molecule has 0 aliphatic rings. The fourth-order valence-electron chi connectivity index (χ4n) is 1.01. The van der Waals surface area contributed by atoms with Gasteiger partial charge in [-0.05, 0) is 19.1 Å². The minimum atomic E-state index is -0.751. The number of amides is 1. The molecule has 86 valence electrons. The van der Waals surface area contributed by atoms with Crippen LogP contribution in [0.15, 0.2) is 18.2 Å². The second kappa shape index (κ2) is 4.91. The van der Waals surface area contributed by atoms with Crippen LogP contribution < -0.4 is 11.1 Å². The normalized spacial score (nSPS) is 11.9. The SMILES string of the molecule is C[C@H](N)C(=O)Nc1cc(Cl)ccc1[N+](=O)[O-]. The molecule has 1 atom stereocenters. The Hall–Kier alpha value is -1.66. The molecule has 3 N–H and O–H groups in total. The van der Waals surface area contributed by atoms with Crippen molar-refractivity contribution in [1.29, 1.82) is 0 Å². The molecular weight excluding hydrogens is 234 g/mol. The van der Waals surface area contributed by atoms with Crippen molar-refractivity contribution in [3.63, 3.8) is 0 Å². The Labute approximate surface area is 96.5 Å². The molecule has 0 aliphatic carbocycles. The van der Waals surface area contributed by atoms with E-state index in [1.807, 2.05) is 0 Å². The van der Waals surface area contributed by atoms with Crippen LogP contribution in [0.4, 0.5) is 11.4 Å². The number of nitrogens with one attached hydrogen (secondary N) is 1. The lowest BCUT2D eigenvalue weighted by Crippen LogP contribution is -2.32. The first-order valence-electron chi connectivity index (χ1n) is 4.42. The van der Waals surface area contributed by atoms with Gasteiger partial charge in [-0.25, -0.2) is 0 Å². The molecule has 0 radical (unpaired) electrons. The van der Waals surface area contributed by atoms with Gasteiger partial charge in [-0.15, -0.1) is 0 Å². The molecule has 0 unspecified atom stereocenters. The predicted octanol–water partition coefficient (Wildman–Crippen LogP) is 1.53. The maximum absolute atomic E-state index is 11.3. The van der Waals surface area contributed by atoms with E-state index in [1.165, 1.54) is 25.1 Å². The number of anilines is 1. The summed E-state index contributed by atoms with van der Waals surface area (Å²) in [6.45, 7) is 1.48. The molecule has 0 heterocycles. The van der Waals surface area contributed by atoms with E-state index in [4.69, 9.17) is 17.3 Å². The van der Waals surface area contributed by atoms with Gasteiger partial charge in [0, 0.05) is 11.1 Å². The molecule has 0 saturated heterocycles. The summed E-state index contributed by atoms with van der Waals surface area (Å²) in [6.07, 6.45) is 0. The molecule has 1 aromatic carbocycles. The van der Waals surface area contributed by atoms with Crippen molar-refractivity contribution in [3.8, 4) is 0 Å². The number of carbonyl (C=O) groups is 1. The lowest BCUT2D eigenvalue weighted by Gasteiger charge is -2.08. The van der Waals surface area contributed by atoms with Crippen molar-refractivity contribution < 1.29 is 9.72 Å². The highest BCUT2D eigenvalue weighted by Crippen LogP contribution is 2.27. The summed E-state index contributed by atoms with van der Waals surface area (Å²) in [5.74, 6) is -0.509. The second-order valence-electron chi connectivity index (χ2n) is 3.20. The molecule has 0 bridgehead atoms. The van der Waals surface area contributed by atoms with Gasteiger partial charge in [0.25, 0.3) is 5.69 Å². The quantitative estimate of drug-likeness (QED) is 0.621. The number of hydrogen-bond donors (Lipinski definition) is 2. The largest absolute Gasteiger partial charge is 0.320 e. The highest BCUT2D eigenvalue weighted by atomic mass is 35.5. The van der Waals surface area contributed by atoms with Crippen molar-refractivity contribution in [2.75, 3.05) is 5.32 Å².